The molecule has 98 valence electrons. The second kappa shape index (κ2) is 6.50. The number of benzene rings is 2. The Kier molecular flexibility index (Phi) is 4.71. The van der Waals surface area contributed by atoms with E-state index in [0.29, 0.717) is 28.0 Å². The van der Waals surface area contributed by atoms with Gasteiger partial charge in [-0.25, -0.2) is 0 Å². The Hall–Kier alpha value is -1.65. The van der Waals surface area contributed by atoms with Crippen LogP contribution in [0, 0.1) is 0 Å². The van der Waals surface area contributed by atoms with E-state index in [1.807, 2.05) is 24.3 Å². The Bertz CT molecular complexity index is 564. The highest BCUT2D eigenvalue weighted by molar-refractivity contribution is 9.10. The maximum atomic E-state index is 10.7. The van der Waals surface area contributed by atoms with Gasteiger partial charge >= 0.3 is 0 Å². The molecule has 0 spiro atoms. The van der Waals surface area contributed by atoms with Gasteiger partial charge in [0.2, 0.25) is 0 Å². The highest BCUT2D eigenvalue weighted by Gasteiger charge is 2.02. The zero-order chi connectivity index (χ0) is 13.7. The van der Waals surface area contributed by atoms with Crippen LogP contribution in [0.15, 0.2) is 46.9 Å². The van der Waals surface area contributed by atoms with Gasteiger partial charge < -0.3 is 9.84 Å². The number of aliphatic hydroxyl groups excluding tert-OH is 1. The average Bonchev–Trinajstić information content (AvgIpc) is 2.42. The lowest BCUT2D eigenvalue weighted by atomic mass is 10.1. The fraction of sp³-hybridized carbons (Fsp3) is 0.133. The van der Waals surface area contributed by atoms with Gasteiger partial charge in [0.05, 0.1) is 0 Å². The highest BCUT2D eigenvalue weighted by Crippen LogP contribution is 2.26. The van der Waals surface area contributed by atoms with Gasteiger partial charge in [0.25, 0.3) is 0 Å². The van der Waals surface area contributed by atoms with Crippen molar-refractivity contribution >= 4 is 22.2 Å². The van der Waals surface area contributed by atoms with Crippen LogP contribution in [0.25, 0.3) is 0 Å². The fourth-order valence-electron chi connectivity index (χ4n) is 1.66. The van der Waals surface area contributed by atoms with E-state index in [9.17, 15) is 4.79 Å². The van der Waals surface area contributed by atoms with E-state index >= 15 is 0 Å². The van der Waals surface area contributed by atoms with Crippen molar-refractivity contribution in [1.29, 1.82) is 0 Å². The Morgan fingerprint density at radius 2 is 1.79 bits per heavy atom. The van der Waals surface area contributed by atoms with Gasteiger partial charge in [0, 0.05) is 16.6 Å². The molecular weight excluding hydrogens is 308 g/mol. The van der Waals surface area contributed by atoms with Crippen molar-refractivity contribution in [3.63, 3.8) is 0 Å². The summed E-state index contributed by atoms with van der Waals surface area (Å²) in [5, 5.41) is 8.84. The number of aliphatic hydroxyl groups is 1. The van der Waals surface area contributed by atoms with Gasteiger partial charge in [-0.2, -0.15) is 0 Å². The molecule has 3 nitrogen and oxygen atoms in total. The Balaban J connectivity index is 2.12. The number of rotatable bonds is 5. The summed E-state index contributed by atoms with van der Waals surface area (Å²) in [4.78, 5) is 10.7. The molecule has 0 aromatic heterocycles. The number of aldehydes is 1. The second-order valence-electron chi connectivity index (χ2n) is 4.02. The fourth-order valence-corrected chi connectivity index (χ4v) is 2.11. The minimum atomic E-state index is 0.139. The van der Waals surface area contributed by atoms with Gasteiger partial charge in [0.15, 0.2) is 6.29 Å². The number of carbonyl (C=O) groups is 1. The molecule has 19 heavy (non-hydrogen) atoms. The van der Waals surface area contributed by atoms with Crippen LogP contribution >= 0.6 is 15.9 Å². The number of ether oxygens (including phenoxy) is 1. The van der Waals surface area contributed by atoms with Crippen molar-refractivity contribution in [2.24, 2.45) is 0 Å². The van der Waals surface area contributed by atoms with Crippen molar-refractivity contribution in [2.45, 2.75) is 6.42 Å². The molecule has 0 saturated heterocycles. The van der Waals surface area contributed by atoms with Crippen LogP contribution < -0.4 is 4.74 Å². The monoisotopic (exact) mass is 320 g/mol. The summed E-state index contributed by atoms with van der Waals surface area (Å²) < 4.78 is 6.39. The van der Waals surface area contributed by atoms with E-state index in [-0.39, 0.29) is 6.61 Å². The topological polar surface area (TPSA) is 46.5 Å². The van der Waals surface area contributed by atoms with Crippen LogP contribution in [0.5, 0.6) is 11.5 Å². The minimum Gasteiger partial charge on any atom is -0.457 e. The van der Waals surface area contributed by atoms with Gasteiger partial charge in [-0.05, 0) is 58.2 Å². The molecule has 0 saturated carbocycles. The first-order valence-electron chi connectivity index (χ1n) is 5.85. The largest absolute Gasteiger partial charge is 0.457 e. The summed E-state index contributed by atoms with van der Waals surface area (Å²) >= 11 is 3.31. The number of halogens is 1. The molecule has 2 aromatic carbocycles. The third-order valence-corrected chi connectivity index (χ3v) is 3.35. The van der Waals surface area contributed by atoms with Gasteiger partial charge in [0.1, 0.15) is 11.5 Å². The molecule has 0 aliphatic heterocycles. The van der Waals surface area contributed by atoms with Gasteiger partial charge in [-0.1, -0.05) is 12.1 Å². The number of hydrogen-bond acceptors (Lipinski definition) is 3. The summed E-state index contributed by atoms with van der Waals surface area (Å²) in [6.45, 7) is 0.139. The van der Waals surface area contributed by atoms with E-state index in [4.69, 9.17) is 9.84 Å². The first kappa shape index (κ1) is 13.8. The summed E-state index contributed by atoms with van der Waals surface area (Å²) in [6, 6.07) is 12.7. The molecule has 1 N–H and O–H groups in total. The third-order valence-electron chi connectivity index (χ3n) is 2.66. The first-order chi connectivity index (χ1) is 9.22. The second-order valence-corrected chi connectivity index (χ2v) is 4.88. The molecule has 0 aliphatic carbocycles. The van der Waals surface area contributed by atoms with Crippen LogP contribution in [-0.4, -0.2) is 18.0 Å². The first-order valence-corrected chi connectivity index (χ1v) is 6.64. The van der Waals surface area contributed by atoms with Crippen molar-refractivity contribution < 1.29 is 14.6 Å². The van der Waals surface area contributed by atoms with E-state index in [0.717, 1.165) is 11.8 Å². The van der Waals surface area contributed by atoms with Crippen LogP contribution in [0.4, 0.5) is 0 Å². The van der Waals surface area contributed by atoms with Gasteiger partial charge in [-0.3, -0.25) is 4.79 Å². The zero-order valence-corrected chi connectivity index (χ0v) is 11.8. The van der Waals surface area contributed by atoms with Crippen molar-refractivity contribution in [3.05, 3.63) is 58.1 Å². The maximum Gasteiger partial charge on any atom is 0.151 e. The molecule has 0 radical (unpaired) electrons. The molecule has 0 bridgehead atoms. The summed E-state index contributed by atoms with van der Waals surface area (Å²) in [5.41, 5.74) is 1.65. The van der Waals surface area contributed by atoms with Crippen molar-refractivity contribution in [3.8, 4) is 11.5 Å². The Labute approximate surface area is 120 Å². The molecule has 0 atom stereocenters. The van der Waals surface area contributed by atoms with E-state index in [1.54, 1.807) is 18.2 Å². The molecule has 2 aromatic rings. The minimum absolute atomic E-state index is 0.139. The predicted molar refractivity (Wildman–Crippen MR) is 76.8 cm³/mol. The molecule has 2 rings (SSSR count). The molecule has 0 heterocycles. The standard InChI is InChI=1S/C15H13BrO3/c16-15-9-14(6-3-12(15)10-18)19-13-4-1-11(2-5-13)7-8-17/h1-6,9-10,17H,7-8H2. The molecule has 0 unspecified atom stereocenters. The average molecular weight is 321 g/mol. The molecule has 4 heteroatoms. The van der Waals surface area contributed by atoms with Crippen LogP contribution in [0.3, 0.4) is 0 Å². The van der Waals surface area contributed by atoms with Crippen LogP contribution in [-0.2, 0) is 6.42 Å². The lowest BCUT2D eigenvalue weighted by Crippen LogP contribution is -1.91. The molecular formula is C15H13BrO3. The third kappa shape index (κ3) is 3.66. The Morgan fingerprint density at radius 3 is 2.37 bits per heavy atom. The van der Waals surface area contributed by atoms with Crippen molar-refractivity contribution in [1.82, 2.24) is 0 Å². The lowest BCUT2D eigenvalue weighted by Gasteiger charge is -2.07. The zero-order valence-electron chi connectivity index (χ0n) is 10.2. The van der Waals surface area contributed by atoms with Crippen LogP contribution in [0.2, 0.25) is 0 Å². The van der Waals surface area contributed by atoms with E-state index < -0.39 is 0 Å². The molecule has 0 aliphatic rings. The normalized spacial score (nSPS) is 10.2. The summed E-state index contributed by atoms with van der Waals surface area (Å²) in [6.07, 6.45) is 1.43. The summed E-state index contributed by atoms with van der Waals surface area (Å²) in [5.74, 6) is 1.37. The summed E-state index contributed by atoms with van der Waals surface area (Å²) in [7, 11) is 0. The van der Waals surface area contributed by atoms with Gasteiger partial charge in [-0.15, -0.1) is 0 Å². The van der Waals surface area contributed by atoms with Crippen molar-refractivity contribution in [2.75, 3.05) is 6.61 Å². The predicted octanol–water partition coefficient (Wildman–Crippen LogP) is 3.59. The molecule has 0 fully saturated rings. The highest BCUT2D eigenvalue weighted by atomic mass is 79.9. The maximum absolute atomic E-state index is 10.7. The van der Waals surface area contributed by atoms with E-state index in [2.05, 4.69) is 15.9 Å². The number of hydrogen-bond donors (Lipinski definition) is 1. The number of carbonyl (C=O) groups excluding carboxylic acids is 1. The van der Waals surface area contributed by atoms with E-state index in [1.165, 1.54) is 0 Å². The smallest absolute Gasteiger partial charge is 0.151 e. The lowest BCUT2D eigenvalue weighted by molar-refractivity contribution is 0.112. The van der Waals surface area contributed by atoms with Crippen LogP contribution in [0.1, 0.15) is 15.9 Å². The SMILES string of the molecule is O=Cc1ccc(Oc2ccc(CCO)cc2)cc1Br. The molecule has 0 amide bonds. The quantitative estimate of drug-likeness (QED) is 0.856. The Morgan fingerprint density at radius 1 is 1.11 bits per heavy atom.